The molecule has 0 radical (unpaired) electrons. The number of nitrogens with zero attached hydrogens (tertiary/aromatic N) is 1. The first kappa shape index (κ1) is 19.5. The number of amides is 2. The van der Waals surface area contributed by atoms with Crippen LogP contribution in [0.2, 0.25) is 0 Å². The summed E-state index contributed by atoms with van der Waals surface area (Å²) in [5.74, 6) is 0.220. The summed E-state index contributed by atoms with van der Waals surface area (Å²) < 4.78 is 44.5. The van der Waals surface area contributed by atoms with Gasteiger partial charge in [-0.05, 0) is 42.9 Å². The van der Waals surface area contributed by atoms with Crippen molar-refractivity contribution < 1.29 is 27.5 Å². The molecule has 1 aromatic carbocycles. The van der Waals surface area contributed by atoms with Gasteiger partial charge in [0.15, 0.2) is 0 Å². The number of carbonyl (C=O) groups is 2. The number of nitrogens with one attached hydrogen (secondary N) is 1. The van der Waals surface area contributed by atoms with Gasteiger partial charge in [-0.2, -0.15) is 13.2 Å². The second-order valence-corrected chi connectivity index (χ2v) is 7.10. The van der Waals surface area contributed by atoms with Crippen molar-refractivity contribution in [1.82, 2.24) is 4.90 Å². The molecule has 1 N–H and O–H groups in total. The molecule has 5 nitrogen and oxygen atoms in total. The van der Waals surface area contributed by atoms with E-state index in [1.165, 1.54) is 6.07 Å². The van der Waals surface area contributed by atoms with Crippen molar-refractivity contribution in [2.75, 3.05) is 25.0 Å². The van der Waals surface area contributed by atoms with Gasteiger partial charge < -0.3 is 15.0 Å². The summed E-state index contributed by atoms with van der Waals surface area (Å²) >= 11 is 0. The summed E-state index contributed by atoms with van der Waals surface area (Å²) in [7, 11) is 0. The average molecular weight is 384 g/mol. The Morgan fingerprint density at radius 2 is 2.07 bits per heavy atom. The molecule has 0 saturated carbocycles. The van der Waals surface area contributed by atoms with Gasteiger partial charge in [-0.3, -0.25) is 9.59 Å². The first-order valence-electron chi connectivity index (χ1n) is 9.19. The van der Waals surface area contributed by atoms with E-state index in [2.05, 4.69) is 5.32 Å². The van der Waals surface area contributed by atoms with Gasteiger partial charge in [-0.25, -0.2) is 0 Å². The smallest absolute Gasteiger partial charge is 0.416 e. The van der Waals surface area contributed by atoms with Crippen LogP contribution in [0.5, 0.6) is 5.75 Å². The summed E-state index contributed by atoms with van der Waals surface area (Å²) in [6.45, 7) is 3.35. The SMILES string of the molecule is CCC(=O)N1CC[C@H]2CC(=O)Nc3cc(C(F)(F)F)ccc3OCC[C@H]2C1. The molecule has 2 aliphatic rings. The fraction of sp³-hybridized carbons (Fsp3) is 0.579. The molecule has 2 aliphatic heterocycles. The minimum Gasteiger partial charge on any atom is -0.491 e. The van der Waals surface area contributed by atoms with Gasteiger partial charge >= 0.3 is 6.18 Å². The average Bonchev–Trinajstić information content (AvgIpc) is 2.62. The Kier molecular flexibility index (Phi) is 5.62. The van der Waals surface area contributed by atoms with Crippen LogP contribution in [0.1, 0.15) is 38.2 Å². The molecule has 0 aromatic heterocycles. The zero-order valence-electron chi connectivity index (χ0n) is 15.1. The molecular weight excluding hydrogens is 361 g/mol. The fourth-order valence-corrected chi connectivity index (χ4v) is 3.82. The van der Waals surface area contributed by atoms with Crippen molar-refractivity contribution >= 4 is 17.5 Å². The Morgan fingerprint density at radius 3 is 2.78 bits per heavy atom. The zero-order valence-corrected chi connectivity index (χ0v) is 15.1. The highest BCUT2D eigenvalue weighted by atomic mass is 19.4. The van der Waals surface area contributed by atoms with Crippen molar-refractivity contribution in [2.24, 2.45) is 11.8 Å². The number of halogens is 3. The Labute approximate surface area is 155 Å². The number of fused-ring (bicyclic) bond motifs is 2. The molecule has 2 heterocycles. The summed E-state index contributed by atoms with van der Waals surface area (Å²) in [6, 6.07) is 3.10. The van der Waals surface area contributed by atoms with Crippen LogP contribution in [-0.4, -0.2) is 36.4 Å². The first-order chi connectivity index (χ1) is 12.8. The largest absolute Gasteiger partial charge is 0.491 e. The Balaban J connectivity index is 1.79. The molecule has 1 fully saturated rings. The predicted octanol–water partition coefficient (Wildman–Crippen LogP) is 3.69. The third-order valence-corrected chi connectivity index (χ3v) is 5.32. The van der Waals surface area contributed by atoms with E-state index < -0.39 is 11.7 Å². The number of alkyl halides is 3. The number of rotatable bonds is 1. The maximum Gasteiger partial charge on any atom is 0.416 e. The van der Waals surface area contributed by atoms with Crippen LogP contribution >= 0.6 is 0 Å². The van der Waals surface area contributed by atoms with Crippen LogP contribution in [0.25, 0.3) is 0 Å². The van der Waals surface area contributed by atoms with Crippen LogP contribution in [0.4, 0.5) is 18.9 Å². The number of piperidine rings is 1. The van der Waals surface area contributed by atoms with Crippen molar-refractivity contribution in [2.45, 2.75) is 38.8 Å². The lowest BCUT2D eigenvalue weighted by molar-refractivity contribution is -0.137. The van der Waals surface area contributed by atoms with E-state index >= 15 is 0 Å². The number of benzene rings is 1. The minimum atomic E-state index is -4.49. The fourth-order valence-electron chi connectivity index (χ4n) is 3.82. The van der Waals surface area contributed by atoms with E-state index in [1.807, 2.05) is 11.8 Å². The van der Waals surface area contributed by atoms with E-state index in [9.17, 15) is 22.8 Å². The van der Waals surface area contributed by atoms with Crippen LogP contribution in [0.15, 0.2) is 18.2 Å². The quantitative estimate of drug-likeness (QED) is 0.803. The summed E-state index contributed by atoms with van der Waals surface area (Å²) in [5, 5.41) is 2.58. The predicted molar refractivity (Wildman–Crippen MR) is 93.3 cm³/mol. The molecule has 1 saturated heterocycles. The van der Waals surface area contributed by atoms with Crippen LogP contribution < -0.4 is 10.1 Å². The van der Waals surface area contributed by atoms with Gasteiger partial charge in [-0.1, -0.05) is 6.92 Å². The van der Waals surface area contributed by atoms with Crippen molar-refractivity contribution in [3.05, 3.63) is 23.8 Å². The number of ether oxygens (including phenoxy) is 1. The third kappa shape index (κ3) is 4.54. The molecule has 3 rings (SSSR count). The molecular formula is C19H23F3N2O3. The molecule has 148 valence electrons. The molecule has 0 bridgehead atoms. The van der Waals surface area contributed by atoms with Crippen molar-refractivity contribution in [3.8, 4) is 5.75 Å². The van der Waals surface area contributed by atoms with E-state index in [4.69, 9.17) is 4.74 Å². The number of carbonyl (C=O) groups excluding carboxylic acids is 2. The molecule has 2 atom stereocenters. The lowest BCUT2D eigenvalue weighted by atomic mass is 9.81. The highest BCUT2D eigenvalue weighted by molar-refractivity contribution is 5.92. The maximum atomic E-state index is 12.9. The van der Waals surface area contributed by atoms with Gasteiger partial charge in [0.05, 0.1) is 17.9 Å². The second kappa shape index (κ2) is 7.78. The number of likely N-dealkylation sites (tertiary alicyclic amines) is 1. The van der Waals surface area contributed by atoms with E-state index in [1.54, 1.807) is 0 Å². The van der Waals surface area contributed by atoms with E-state index in [0.717, 1.165) is 12.1 Å². The molecule has 27 heavy (non-hydrogen) atoms. The van der Waals surface area contributed by atoms with Gasteiger partial charge in [-0.15, -0.1) is 0 Å². The van der Waals surface area contributed by atoms with Gasteiger partial charge in [0.25, 0.3) is 0 Å². The van der Waals surface area contributed by atoms with Gasteiger partial charge in [0.2, 0.25) is 11.8 Å². The number of anilines is 1. The first-order valence-corrected chi connectivity index (χ1v) is 9.19. The molecule has 1 aromatic rings. The highest BCUT2D eigenvalue weighted by Gasteiger charge is 2.34. The second-order valence-electron chi connectivity index (χ2n) is 7.10. The molecule has 2 amide bonds. The third-order valence-electron chi connectivity index (χ3n) is 5.32. The van der Waals surface area contributed by atoms with E-state index in [-0.39, 0.29) is 41.5 Å². The summed E-state index contributed by atoms with van der Waals surface area (Å²) in [5.41, 5.74) is -0.779. The van der Waals surface area contributed by atoms with Crippen molar-refractivity contribution in [1.29, 1.82) is 0 Å². The Morgan fingerprint density at radius 1 is 1.30 bits per heavy atom. The monoisotopic (exact) mass is 384 g/mol. The van der Waals surface area contributed by atoms with Crippen LogP contribution in [-0.2, 0) is 15.8 Å². The highest BCUT2D eigenvalue weighted by Crippen LogP contribution is 2.37. The molecule has 0 spiro atoms. The standard InChI is InChI=1S/C19H23F3N2O3/c1-2-18(26)24-7-5-12-9-17(25)23-15-10-14(19(20,21)22)3-4-16(15)27-8-6-13(12)11-24/h3-4,10,12-13H,2,5-9,11H2,1H3,(H,23,25)/t12-,13-/m0/s1. The number of hydrogen-bond donors (Lipinski definition) is 1. The van der Waals surface area contributed by atoms with Gasteiger partial charge in [0, 0.05) is 25.9 Å². The lowest BCUT2D eigenvalue weighted by Crippen LogP contribution is -2.45. The topological polar surface area (TPSA) is 58.6 Å². The summed E-state index contributed by atoms with van der Waals surface area (Å²) in [4.78, 5) is 26.2. The number of hydrogen-bond acceptors (Lipinski definition) is 3. The normalized spacial score (nSPS) is 23.6. The molecule has 8 heteroatoms. The van der Waals surface area contributed by atoms with Crippen LogP contribution in [0.3, 0.4) is 0 Å². The van der Waals surface area contributed by atoms with Crippen LogP contribution in [0, 0.1) is 11.8 Å². The van der Waals surface area contributed by atoms with Gasteiger partial charge in [0.1, 0.15) is 5.75 Å². The Bertz CT molecular complexity index is 721. The maximum absolute atomic E-state index is 12.9. The van der Waals surface area contributed by atoms with E-state index in [0.29, 0.717) is 39.0 Å². The minimum absolute atomic E-state index is 0.0480. The van der Waals surface area contributed by atoms with Crippen molar-refractivity contribution in [3.63, 3.8) is 0 Å². The molecule has 0 aliphatic carbocycles. The summed E-state index contributed by atoms with van der Waals surface area (Å²) in [6.07, 6.45) is -2.46. The Hall–Kier alpha value is -2.25. The zero-order chi connectivity index (χ0) is 19.6. The lowest BCUT2D eigenvalue weighted by Gasteiger charge is -2.39. The molecule has 0 unspecified atom stereocenters.